The van der Waals surface area contributed by atoms with Crippen molar-refractivity contribution in [2.24, 2.45) is 5.73 Å². The maximum absolute atomic E-state index is 5.70. The fraction of sp³-hybridized carbons (Fsp3) is 0.400. The maximum Gasteiger partial charge on any atom is 0.0991 e. The first-order valence-corrected chi connectivity index (χ1v) is 5.86. The lowest BCUT2D eigenvalue weighted by atomic mass is 10.2. The van der Waals surface area contributed by atoms with Gasteiger partial charge in [-0.2, -0.15) is 11.3 Å². The first kappa shape index (κ1) is 10.3. The topological polar surface area (TPSA) is 56.7 Å². The van der Waals surface area contributed by atoms with Crippen LogP contribution in [-0.4, -0.2) is 15.0 Å². The molecule has 2 rings (SSSR count). The fourth-order valence-electron chi connectivity index (χ4n) is 1.31. The van der Waals surface area contributed by atoms with Crippen molar-refractivity contribution in [3.8, 4) is 0 Å². The molecule has 4 nitrogen and oxygen atoms in total. The van der Waals surface area contributed by atoms with Crippen LogP contribution in [0.3, 0.4) is 0 Å². The van der Waals surface area contributed by atoms with Gasteiger partial charge in [-0.15, -0.1) is 5.10 Å². The van der Waals surface area contributed by atoms with Gasteiger partial charge in [-0.1, -0.05) is 5.21 Å². The molecule has 2 aromatic heterocycles. The summed E-state index contributed by atoms with van der Waals surface area (Å²) in [7, 11) is 0. The van der Waals surface area contributed by atoms with Gasteiger partial charge in [0.05, 0.1) is 11.9 Å². The van der Waals surface area contributed by atoms with Gasteiger partial charge in [0.15, 0.2) is 0 Å². The van der Waals surface area contributed by atoms with E-state index in [0.717, 1.165) is 18.7 Å². The van der Waals surface area contributed by atoms with Crippen LogP contribution in [0, 0.1) is 0 Å². The normalized spacial score (nSPS) is 12.9. The highest BCUT2D eigenvalue weighted by Gasteiger charge is 2.04. The van der Waals surface area contributed by atoms with Crippen LogP contribution in [0.4, 0.5) is 0 Å². The largest absolute Gasteiger partial charge is 0.323 e. The number of nitrogens with two attached hydrogens (primary N) is 1. The first-order chi connectivity index (χ1) is 7.25. The number of aryl methyl sites for hydroxylation is 2. The van der Waals surface area contributed by atoms with E-state index in [9.17, 15) is 0 Å². The van der Waals surface area contributed by atoms with Crippen molar-refractivity contribution in [1.82, 2.24) is 15.0 Å². The summed E-state index contributed by atoms with van der Waals surface area (Å²) in [5.41, 5.74) is 7.90. The van der Waals surface area contributed by atoms with Crippen LogP contribution in [0.5, 0.6) is 0 Å². The molecule has 15 heavy (non-hydrogen) atoms. The average Bonchev–Trinajstić information content (AvgIpc) is 2.86. The van der Waals surface area contributed by atoms with Crippen LogP contribution in [0.25, 0.3) is 0 Å². The third-order valence-electron chi connectivity index (χ3n) is 2.23. The van der Waals surface area contributed by atoms with Crippen molar-refractivity contribution >= 4 is 11.3 Å². The van der Waals surface area contributed by atoms with E-state index in [4.69, 9.17) is 5.73 Å². The summed E-state index contributed by atoms with van der Waals surface area (Å²) in [6.45, 7) is 2.77. The van der Waals surface area contributed by atoms with Crippen molar-refractivity contribution in [3.63, 3.8) is 0 Å². The molecule has 2 aromatic rings. The highest BCUT2D eigenvalue weighted by atomic mass is 32.1. The third-order valence-corrected chi connectivity index (χ3v) is 2.96. The Hall–Kier alpha value is -1.20. The molecule has 80 valence electrons. The van der Waals surface area contributed by atoms with Gasteiger partial charge < -0.3 is 5.73 Å². The Balaban J connectivity index is 1.94. The van der Waals surface area contributed by atoms with Gasteiger partial charge in [0.2, 0.25) is 0 Å². The quantitative estimate of drug-likeness (QED) is 0.855. The molecule has 0 bridgehead atoms. The Morgan fingerprint density at radius 1 is 1.60 bits per heavy atom. The van der Waals surface area contributed by atoms with Crippen molar-refractivity contribution in [2.45, 2.75) is 25.9 Å². The van der Waals surface area contributed by atoms with E-state index in [1.165, 1.54) is 5.56 Å². The maximum atomic E-state index is 5.70. The van der Waals surface area contributed by atoms with Crippen LogP contribution in [-0.2, 0) is 13.0 Å². The predicted octanol–water partition coefficient (Wildman–Crippen LogP) is 1.60. The standard InChI is InChI=1S/C10H14N4S/c1-8(11)10-6-14(13-12-10)4-2-9-3-5-15-7-9/h3,5-8H,2,4,11H2,1H3. The second-order valence-corrected chi connectivity index (χ2v) is 4.36. The lowest BCUT2D eigenvalue weighted by molar-refractivity contribution is 0.589. The number of hydrogen-bond acceptors (Lipinski definition) is 4. The van der Waals surface area contributed by atoms with Crippen LogP contribution in [0.2, 0.25) is 0 Å². The molecule has 0 fully saturated rings. The van der Waals surface area contributed by atoms with Crippen molar-refractivity contribution in [2.75, 3.05) is 0 Å². The average molecular weight is 222 g/mol. The zero-order valence-corrected chi connectivity index (χ0v) is 9.44. The highest BCUT2D eigenvalue weighted by molar-refractivity contribution is 7.07. The summed E-state index contributed by atoms with van der Waals surface area (Å²) in [5.74, 6) is 0. The molecule has 0 aliphatic carbocycles. The molecule has 2 heterocycles. The molecule has 0 spiro atoms. The Morgan fingerprint density at radius 3 is 3.07 bits per heavy atom. The fourth-order valence-corrected chi connectivity index (χ4v) is 2.01. The van der Waals surface area contributed by atoms with E-state index in [1.54, 1.807) is 11.3 Å². The lowest BCUT2D eigenvalue weighted by Crippen LogP contribution is -2.05. The molecule has 0 saturated heterocycles. The number of rotatable bonds is 4. The van der Waals surface area contributed by atoms with Gasteiger partial charge in [-0.05, 0) is 35.7 Å². The molecular formula is C10H14N4S. The van der Waals surface area contributed by atoms with Crippen molar-refractivity contribution in [1.29, 1.82) is 0 Å². The number of thiophene rings is 1. The van der Waals surface area contributed by atoms with Crippen molar-refractivity contribution < 1.29 is 0 Å². The molecule has 1 atom stereocenters. The molecule has 0 aliphatic rings. The first-order valence-electron chi connectivity index (χ1n) is 4.92. The molecule has 0 radical (unpaired) electrons. The monoisotopic (exact) mass is 222 g/mol. The van der Waals surface area contributed by atoms with E-state index in [1.807, 2.05) is 17.8 Å². The van der Waals surface area contributed by atoms with Gasteiger partial charge >= 0.3 is 0 Å². The number of hydrogen-bond donors (Lipinski definition) is 1. The van der Waals surface area contributed by atoms with Crippen LogP contribution >= 0.6 is 11.3 Å². The summed E-state index contributed by atoms with van der Waals surface area (Å²) < 4.78 is 1.84. The summed E-state index contributed by atoms with van der Waals surface area (Å²) in [4.78, 5) is 0. The lowest BCUT2D eigenvalue weighted by Gasteiger charge is -1.98. The molecule has 0 saturated carbocycles. The smallest absolute Gasteiger partial charge is 0.0991 e. The van der Waals surface area contributed by atoms with Crippen LogP contribution in [0.1, 0.15) is 24.2 Å². The minimum atomic E-state index is -0.0418. The van der Waals surface area contributed by atoms with Gasteiger partial charge in [0, 0.05) is 12.6 Å². The molecule has 1 unspecified atom stereocenters. The van der Waals surface area contributed by atoms with Gasteiger partial charge in [-0.3, -0.25) is 4.68 Å². The second kappa shape index (κ2) is 4.55. The van der Waals surface area contributed by atoms with E-state index < -0.39 is 0 Å². The molecule has 0 aliphatic heterocycles. The minimum Gasteiger partial charge on any atom is -0.323 e. The summed E-state index contributed by atoms with van der Waals surface area (Å²) in [6.07, 6.45) is 2.91. The number of nitrogens with zero attached hydrogens (tertiary/aromatic N) is 3. The summed E-state index contributed by atoms with van der Waals surface area (Å²) in [6, 6.07) is 2.09. The zero-order chi connectivity index (χ0) is 10.7. The number of aromatic nitrogens is 3. The summed E-state index contributed by atoms with van der Waals surface area (Å²) in [5, 5.41) is 12.3. The van der Waals surface area contributed by atoms with E-state index in [2.05, 4.69) is 27.1 Å². The SMILES string of the molecule is CC(N)c1cn(CCc2ccsc2)nn1. The van der Waals surface area contributed by atoms with Crippen molar-refractivity contribution in [3.05, 3.63) is 34.3 Å². The predicted molar refractivity (Wildman–Crippen MR) is 60.6 cm³/mol. The Kier molecular flexibility index (Phi) is 3.13. The van der Waals surface area contributed by atoms with E-state index >= 15 is 0 Å². The molecule has 0 aromatic carbocycles. The summed E-state index contributed by atoms with van der Waals surface area (Å²) >= 11 is 1.72. The Bertz CT molecular complexity index is 405. The molecule has 0 amide bonds. The third kappa shape index (κ3) is 2.64. The minimum absolute atomic E-state index is 0.0418. The molecule has 2 N–H and O–H groups in total. The highest BCUT2D eigenvalue weighted by Crippen LogP contribution is 2.08. The zero-order valence-electron chi connectivity index (χ0n) is 8.63. The van der Waals surface area contributed by atoms with E-state index in [0.29, 0.717) is 0 Å². The molecular weight excluding hydrogens is 208 g/mol. The van der Waals surface area contributed by atoms with E-state index in [-0.39, 0.29) is 6.04 Å². The van der Waals surface area contributed by atoms with Gasteiger partial charge in [-0.25, -0.2) is 0 Å². The second-order valence-electron chi connectivity index (χ2n) is 3.58. The molecule has 5 heteroatoms. The van der Waals surface area contributed by atoms with Gasteiger partial charge in [0.1, 0.15) is 0 Å². The Morgan fingerprint density at radius 2 is 2.47 bits per heavy atom. The van der Waals surface area contributed by atoms with Crippen LogP contribution < -0.4 is 5.73 Å². The Labute approximate surface area is 92.7 Å². The van der Waals surface area contributed by atoms with Crippen LogP contribution in [0.15, 0.2) is 23.0 Å². The van der Waals surface area contributed by atoms with Gasteiger partial charge in [0.25, 0.3) is 0 Å².